The number of terminal acetylenes is 1. The minimum atomic E-state index is 0.412. The van der Waals surface area contributed by atoms with Gasteiger partial charge in [0, 0.05) is 16.7 Å². The summed E-state index contributed by atoms with van der Waals surface area (Å²) in [5, 5.41) is 3.45. The fourth-order valence-corrected chi connectivity index (χ4v) is 4.38. The number of ether oxygens (including phenoxy) is 1. The van der Waals surface area contributed by atoms with Crippen molar-refractivity contribution >= 4 is 11.8 Å². The number of aryl methyl sites for hydroxylation is 1. The minimum absolute atomic E-state index is 0.412. The molecule has 1 unspecified atom stereocenters. The lowest BCUT2D eigenvalue weighted by Gasteiger charge is -2.13. The Morgan fingerprint density at radius 3 is 3.00 bits per heavy atom. The molecule has 124 valence electrons. The number of hydrogen-bond donors (Lipinski definition) is 1. The fourth-order valence-electron chi connectivity index (χ4n) is 3.26. The van der Waals surface area contributed by atoms with Gasteiger partial charge in [0.15, 0.2) is 0 Å². The van der Waals surface area contributed by atoms with E-state index in [-0.39, 0.29) is 0 Å². The number of benzene rings is 2. The van der Waals surface area contributed by atoms with Gasteiger partial charge < -0.3 is 4.74 Å². The molecule has 24 heavy (non-hydrogen) atoms. The molecule has 1 atom stereocenters. The van der Waals surface area contributed by atoms with Crippen molar-refractivity contribution in [3.8, 4) is 18.1 Å². The van der Waals surface area contributed by atoms with Crippen LogP contribution in [0.5, 0.6) is 5.75 Å². The summed E-state index contributed by atoms with van der Waals surface area (Å²) in [5.41, 5.74) is 4.25. The third kappa shape index (κ3) is 3.95. The predicted molar refractivity (Wildman–Crippen MR) is 102 cm³/mol. The number of hydrogen-bond acceptors (Lipinski definition) is 3. The first-order valence-corrected chi connectivity index (χ1v) is 9.34. The Labute approximate surface area is 149 Å². The van der Waals surface area contributed by atoms with Crippen LogP contribution in [0.25, 0.3) is 0 Å². The third-order valence-electron chi connectivity index (χ3n) is 4.46. The van der Waals surface area contributed by atoms with E-state index in [1.807, 2.05) is 17.8 Å². The second-order valence-electron chi connectivity index (χ2n) is 5.95. The highest BCUT2D eigenvalue weighted by Crippen LogP contribution is 2.37. The zero-order valence-electron chi connectivity index (χ0n) is 14.0. The van der Waals surface area contributed by atoms with E-state index in [0.717, 1.165) is 30.8 Å². The molecule has 3 heteroatoms. The molecule has 0 radical (unpaired) electrons. The first kappa shape index (κ1) is 17.0. The highest BCUT2D eigenvalue weighted by Gasteiger charge is 2.23. The summed E-state index contributed by atoms with van der Waals surface area (Å²) in [6.07, 6.45) is 8.70. The number of nitrogens with one attached hydrogen (secondary N) is 1. The third-order valence-corrected chi connectivity index (χ3v) is 5.56. The molecule has 0 heterocycles. The van der Waals surface area contributed by atoms with Crippen molar-refractivity contribution in [2.75, 3.05) is 19.4 Å². The molecule has 0 spiro atoms. The second-order valence-corrected chi connectivity index (χ2v) is 7.09. The molecule has 0 saturated carbocycles. The van der Waals surface area contributed by atoms with Crippen molar-refractivity contribution < 1.29 is 4.74 Å². The van der Waals surface area contributed by atoms with Crippen LogP contribution in [0.1, 0.15) is 29.2 Å². The maximum absolute atomic E-state index is 5.37. The van der Waals surface area contributed by atoms with Gasteiger partial charge in [0.1, 0.15) is 5.75 Å². The zero-order chi connectivity index (χ0) is 16.8. The number of rotatable bonds is 7. The number of thioether (sulfide) groups is 1. The molecule has 1 aliphatic rings. The van der Waals surface area contributed by atoms with E-state index in [2.05, 4.69) is 47.6 Å². The zero-order valence-corrected chi connectivity index (χ0v) is 14.9. The average molecular weight is 337 g/mol. The summed E-state index contributed by atoms with van der Waals surface area (Å²) in [7, 11) is 1.71. The van der Waals surface area contributed by atoms with E-state index in [9.17, 15) is 0 Å². The predicted octanol–water partition coefficient (Wildman–Crippen LogP) is 4.24. The number of methoxy groups -OCH3 is 1. The summed E-state index contributed by atoms with van der Waals surface area (Å²) in [6.45, 7) is 0.636. The highest BCUT2D eigenvalue weighted by molar-refractivity contribution is 7.99. The molecule has 2 aromatic carbocycles. The SMILES string of the molecule is C#CCNC1CCc2c(SCCc3cccc(OC)c3)cccc21. The van der Waals surface area contributed by atoms with Crippen molar-refractivity contribution in [2.45, 2.75) is 30.2 Å². The van der Waals surface area contributed by atoms with E-state index < -0.39 is 0 Å². The molecule has 3 rings (SSSR count). The molecule has 0 aliphatic heterocycles. The fraction of sp³-hybridized carbons (Fsp3) is 0.333. The van der Waals surface area contributed by atoms with Crippen LogP contribution in [0.2, 0.25) is 0 Å². The van der Waals surface area contributed by atoms with Gasteiger partial charge >= 0.3 is 0 Å². The maximum atomic E-state index is 5.37. The normalized spacial score (nSPS) is 15.8. The van der Waals surface area contributed by atoms with Gasteiger partial charge in [-0.1, -0.05) is 30.2 Å². The van der Waals surface area contributed by atoms with Gasteiger partial charge in [0.25, 0.3) is 0 Å². The Bertz CT molecular complexity index is 735. The van der Waals surface area contributed by atoms with Crippen LogP contribution < -0.4 is 10.1 Å². The highest BCUT2D eigenvalue weighted by atomic mass is 32.2. The first-order chi connectivity index (χ1) is 11.8. The molecular weight excluding hydrogens is 314 g/mol. The van der Waals surface area contributed by atoms with Gasteiger partial charge in [-0.05, 0) is 54.2 Å². The van der Waals surface area contributed by atoms with E-state index in [1.165, 1.54) is 21.6 Å². The molecule has 0 amide bonds. The smallest absolute Gasteiger partial charge is 0.119 e. The lowest BCUT2D eigenvalue weighted by Crippen LogP contribution is -2.19. The standard InChI is InChI=1S/C21H23NOS/c1-3-13-22-20-11-10-19-18(20)8-5-9-21(19)24-14-12-16-6-4-7-17(15-16)23-2/h1,4-9,15,20,22H,10-14H2,2H3. The molecule has 0 bridgehead atoms. The van der Waals surface area contributed by atoms with Crippen LogP contribution in [0.3, 0.4) is 0 Å². The van der Waals surface area contributed by atoms with Crippen LogP contribution in [-0.4, -0.2) is 19.4 Å². The molecule has 0 aromatic heterocycles. The van der Waals surface area contributed by atoms with E-state index in [4.69, 9.17) is 11.2 Å². The van der Waals surface area contributed by atoms with Gasteiger partial charge in [0.2, 0.25) is 0 Å². The molecule has 2 aromatic rings. The molecule has 1 aliphatic carbocycles. The van der Waals surface area contributed by atoms with Crippen LogP contribution in [0.15, 0.2) is 47.4 Å². The van der Waals surface area contributed by atoms with Crippen molar-refractivity contribution in [1.29, 1.82) is 0 Å². The van der Waals surface area contributed by atoms with Crippen LogP contribution in [0.4, 0.5) is 0 Å². The van der Waals surface area contributed by atoms with Crippen LogP contribution in [0, 0.1) is 12.3 Å². The van der Waals surface area contributed by atoms with E-state index in [0.29, 0.717) is 12.6 Å². The van der Waals surface area contributed by atoms with E-state index in [1.54, 1.807) is 7.11 Å². The van der Waals surface area contributed by atoms with Crippen molar-refractivity contribution in [3.63, 3.8) is 0 Å². The van der Waals surface area contributed by atoms with Crippen LogP contribution >= 0.6 is 11.8 Å². The largest absolute Gasteiger partial charge is 0.497 e. The Balaban J connectivity index is 1.62. The Kier molecular flexibility index (Phi) is 5.85. The summed E-state index contributed by atoms with van der Waals surface area (Å²) in [4.78, 5) is 1.42. The minimum Gasteiger partial charge on any atom is -0.497 e. The topological polar surface area (TPSA) is 21.3 Å². The summed E-state index contributed by atoms with van der Waals surface area (Å²) < 4.78 is 5.30. The van der Waals surface area contributed by atoms with Gasteiger partial charge in [-0.15, -0.1) is 18.2 Å². The second kappa shape index (κ2) is 8.28. The van der Waals surface area contributed by atoms with Gasteiger partial charge in [-0.3, -0.25) is 5.32 Å². The molecule has 0 fully saturated rings. The monoisotopic (exact) mass is 337 g/mol. The summed E-state index contributed by atoms with van der Waals surface area (Å²) >= 11 is 1.95. The van der Waals surface area contributed by atoms with Gasteiger partial charge in [0.05, 0.1) is 13.7 Å². The Morgan fingerprint density at radius 1 is 1.29 bits per heavy atom. The maximum Gasteiger partial charge on any atom is 0.119 e. The number of fused-ring (bicyclic) bond motifs is 1. The van der Waals surface area contributed by atoms with E-state index >= 15 is 0 Å². The van der Waals surface area contributed by atoms with Crippen molar-refractivity contribution in [1.82, 2.24) is 5.32 Å². The molecule has 2 nitrogen and oxygen atoms in total. The van der Waals surface area contributed by atoms with Crippen LogP contribution in [-0.2, 0) is 12.8 Å². The summed E-state index contributed by atoms with van der Waals surface area (Å²) in [5.74, 6) is 4.68. The molecular formula is C21H23NOS. The lowest BCUT2D eigenvalue weighted by molar-refractivity contribution is 0.414. The van der Waals surface area contributed by atoms with Gasteiger partial charge in [-0.2, -0.15) is 0 Å². The summed E-state index contributed by atoms with van der Waals surface area (Å²) in [6, 6.07) is 15.4. The van der Waals surface area contributed by atoms with Crippen molar-refractivity contribution in [3.05, 3.63) is 59.2 Å². The Morgan fingerprint density at radius 2 is 2.17 bits per heavy atom. The quantitative estimate of drug-likeness (QED) is 0.603. The lowest BCUT2D eigenvalue weighted by atomic mass is 10.1. The molecule has 1 N–H and O–H groups in total. The Hall–Kier alpha value is -1.89. The van der Waals surface area contributed by atoms with Crippen molar-refractivity contribution in [2.24, 2.45) is 0 Å². The van der Waals surface area contributed by atoms with Gasteiger partial charge in [-0.25, -0.2) is 0 Å². The molecule has 0 saturated heterocycles. The first-order valence-electron chi connectivity index (χ1n) is 8.36. The average Bonchev–Trinajstić information content (AvgIpc) is 3.04.